The molecule has 2 unspecified atom stereocenters. The van der Waals surface area contributed by atoms with Gasteiger partial charge in [0.2, 0.25) is 11.8 Å². The number of nitrogens with one attached hydrogen (secondary N) is 2. The molecule has 23 heavy (non-hydrogen) atoms. The van der Waals surface area contributed by atoms with Crippen molar-refractivity contribution in [2.45, 2.75) is 44.9 Å². The molecule has 5 aliphatic rings. The molecule has 4 aliphatic carbocycles. The van der Waals surface area contributed by atoms with E-state index in [2.05, 4.69) is 10.6 Å². The number of carbonyl (C=O) groups is 4. The van der Waals surface area contributed by atoms with Crippen molar-refractivity contribution in [2.24, 2.45) is 28.6 Å². The second-order valence-corrected chi connectivity index (χ2v) is 8.13. The largest absolute Gasteiger partial charge is 0.481 e. The zero-order valence-electron chi connectivity index (χ0n) is 12.8. The summed E-state index contributed by atoms with van der Waals surface area (Å²) >= 11 is 0. The van der Waals surface area contributed by atoms with E-state index >= 15 is 0 Å². The van der Waals surface area contributed by atoms with Gasteiger partial charge in [-0.05, 0) is 61.2 Å². The van der Waals surface area contributed by atoms with Crippen molar-refractivity contribution in [1.29, 1.82) is 0 Å². The molecule has 4 atom stereocenters. The summed E-state index contributed by atoms with van der Waals surface area (Å²) in [5.41, 5.74) is -0.785. The fourth-order valence-corrected chi connectivity index (χ4v) is 6.47. The van der Waals surface area contributed by atoms with Crippen molar-refractivity contribution in [3.8, 4) is 0 Å². The van der Waals surface area contributed by atoms with E-state index in [0.717, 1.165) is 32.1 Å². The number of hydrogen-bond acceptors (Lipinski definition) is 4. The second kappa shape index (κ2) is 4.55. The Hall–Kier alpha value is -1.92. The van der Waals surface area contributed by atoms with Crippen molar-refractivity contribution in [3.05, 3.63) is 0 Å². The van der Waals surface area contributed by atoms with Gasteiger partial charge in [0.25, 0.3) is 0 Å². The van der Waals surface area contributed by atoms with Gasteiger partial charge in [0, 0.05) is 0 Å². The van der Waals surface area contributed by atoms with Crippen LogP contribution in [0.5, 0.6) is 0 Å². The van der Waals surface area contributed by atoms with Crippen LogP contribution < -0.4 is 10.6 Å². The third kappa shape index (κ3) is 2.16. The minimum absolute atomic E-state index is 0.108. The van der Waals surface area contributed by atoms with Gasteiger partial charge in [-0.15, -0.1) is 0 Å². The lowest BCUT2D eigenvalue weighted by Gasteiger charge is -2.63. The average Bonchev–Trinajstić information content (AvgIpc) is 2.32. The molecular weight excluding hydrogens is 300 g/mol. The number of amides is 4. The maximum absolute atomic E-state index is 12.3. The average molecular weight is 320 g/mol. The summed E-state index contributed by atoms with van der Waals surface area (Å²) in [6.45, 7) is 0. The normalized spacial score (nSPS) is 42.5. The minimum Gasteiger partial charge on any atom is -0.481 e. The number of rotatable bonds is 3. The molecule has 5 fully saturated rings. The summed E-state index contributed by atoms with van der Waals surface area (Å²) in [7, 11) is 0. The first-order valence-corrected chi connectivity index (χ1v) is 8.18. The Bertz CT molecular complexity index is 594. The quantitative estimate of drug-likeness (QED) is 0.672. The van der Waals surface area contributed by atoms with Crippen LogP contribution in [0.2, 0.25) is 0 Å². The molecule has 4 saturated carbocycles. The maximum atomic E-state index is 12.3. The highest BCUT2D eigenvalue weighted by molar-refractivity contribution is 6.16. The molecule has 124 valence electrons. The Morgan fingerprint density at radius 2 is 1.61 bits per heavy atom. The number of aliphatic carboxylic acids is 1. The second-order valence-electron chi connectivity index (χ2n) is 8.13. The molecule has 3 N–H and O–H groups in total. The Labute approximate surface area is 133 Å². The van der Waals surface area contributed by atoms with E-state index in [-0.39, 0.29) is 11.8 Å². The molecule has 1 heterocycles. The van der Waals surface area contributed by atoms with Crippen molar-refractivity contribution in [1.82, 2.24) is 10.6 Å². The van der Waals surface area contributed by atoms with E-state index in [9.17, 15) is 24.3 Å². The smallest absolute Gasteiger partial charge is 0.328 e. The molecule has 0 spiro atoms. The Balaban J connectivity index is 1.70. The van der Waals surface area contributed by atoms with E-state index in [1.807, 2.05) is 0 Å². The highest BCUT2D eigenvalue weighted by Crippen LogP contribution is 2.68. The first kappa shape index (κ1) is 14.7. The molecule has 0 radical (unpaired) electrons. The van der Waals surface area contributed by atoms with Crippen LogP contribution in [-0.4, -0.2) is 28.9 Å². The van der Waals surface area contributed by atoms with Crippen LogP contribution in [0.15, 0.2) is 0 Å². The van der Waals surface area contributed by atoms with Crippen LogP contribution in [0, 0.1) is 28.6 Å². The van der Waals surface area contributed by atoms with Crippen LogP contribution in [0.3, 0.4) is 0 Å². The van der Waals surface area contributed by atoms with Crippen LogP contribution in [0.4, 0.5) is 4.79 Å². The SMILES string of the molecule is O=C(O)CC12C[C@H]3C[C@@H](C1)CC(C1C(=O)NC(=O)NC1=O)(C3)C2. The molecule has 0 aromatic carbocycles. The highest BCUT2D eigenvalue weighted by atomic mass is 16.4. The molecule has 1 saturated heterocycles. The Morgan fingerprint density at radius 1 is 1.04 bits per heavy atom. The van der Waals surface area contributed by atoms with Crippen LogP contribution in [0.25, 0.3) is 0 Å². The van der Waals surface area contributed by atoms with E-state index < -0.39 is 35.1 Å². The van der Waals surface area contributed by atoms with Gasteiger partial charge in [-0.3, -0.25) is 25.0 Å². The summed E-state index contributed by atoms with van der Waals surface area (Å²) in [6.07, 6.45) is 5.10. The van der Waals surface area contributed by atoms with Gasteiger partial charge < -0.3 is 5.11 Å². The molecule has 7 nitrogen and oxygen atoms in total. The summed E-state index contributed by atoms with van der Waals surface area (Å²) in [6, 6.07) is -0.763. The number of urea groups is 1. The molecule has 4 bridgehead atoms. The number of carboxylic acid groups (broad SMARTS) is 1. The summed E-state index contributed by atoms with van der Waals surface area (Å²) in [4.78, 5) is 47.4. The van der Waals surface area contributed by atoms with Gasteiger partial charge in [0.1, 0.15) is 5.92 Å². The third-order valence-corrected chi connectivity index (χ3v) is 6.36. The number of hydrogen-bond donors (Lipinski definition) is 3. The lowest BCUT2D eigenvalue weighted by molar-refractivity contribution is -0.170. The molecule has 4 amide bonds. The van der Waals surface area contributed by atoms with E-state index in [0.29, 0.717) is 18.3 Å². The van der Waals surface area contributed by atoms with Crippen molar-refractivity contribution in [3.63, 3.8) is 0 Å². The molecule has 0 aromatic rings. The predicted octanol–water partition coefficient (Wildman–Crippen LogP) is 1.03. The number of carbonyl (C=O) groups excluding carboxylic acids is 3. The van der Waals surface area contributed by atoms with E-state index in [1.54, 1.807) is 0 Å². The van der Waals surface area contributed by atoms with Crippen LogP contribution in [0.1, 0.15) is 44.9 Å². The van der Waals surface area contributed by atoms with Crippen molar-refractivity contribution < 1.29 is 24.3 Å². The van der Waals surface area contributed by atoms with Gasteiger partial charge in [0.15, 0.2) is 0 Å². The zero-order valence-corrected chi connectivity index (χ0v) is 12.8. The zero-order chi connectivity index (χ0) is 16.4. The topological polar surface area (TPSA) is 113 Å². The van der Waals surface area contributed by atoms with Gasteiger partial charge in [-0.1, -0.05) is 0 Å². The molecular formula is C16H20N2O5. The summed E-state index contributed by atoms with van der Waals surface area (Å²) in [5, 5.41) is 13.7. The monoisotopic (exact) mass is 320 g/mol. The van der Waals surface area contributed by atoms with Gasteiger partial charge >= 0.3 is 12.0 Å². The predicted molar refractivity (Wildman–Crippen MR) is 77.0 cm³/mol. The molecule has 5 rings (SSSR count). The number of carboxylic acids is 1. The van der Waals surface area contributed by atoms with Crippen LogP contribution in [-0.2, 0) is 14.4 Å². The molecule has 0 aromatic heterocycles. The summed E-state index contributed by atoms with van der Waals surface area (Å²) in [5.74, 6) is -1.96. The van der Waals surface area contributed by atoms with Gasteiger partial charge in [-0.2, -0.15) is 0 Å². The minimum atomic E-state index is -0.876. The van der Waals surface area contributed by atoms with Crippen LogP contribution >= 0.6 is 0 Å². The summed E-state index contributed by atoms with van der Waals surface area (Å²) < 4.78 is 0. The fraction of sp³-hybridized carbons (Fsp3) is 0.750. The van der Waals surface area contributed by atoms with Crippen molar-refractivity contribution >= 4 is 23.8 Å². The lowest BCUT2D eigenvalue weighted by atomic mass is 9.41. The molecule has 7 heteroatoms. The third-order valence-electron chi connectivity index (χ3n) is 6.36. The Morgan fingerprint density at radius 3 is 2.13 bits per heavy atom. The fourth-order valence-electron chi connectivity index (χ4n) is 6.47. The van der Waals surface area contributed by atoms with Gasteiger partial charge in [0.05, 0.1) is 6.42 Å². The standard InChI is InChI=1S/C16H20N2O5/c19-10(20)6-15-2-8-1-9(3-15)5-16(4-8,7-15)11-12(21)17-14(23)18-13(11)22/h8-9,11H,1-7H2,(H,19,20)(H2,17,18,21,22,23)/t8-,9+,15?,16?. The lowest BCUT2D eigenvalue weighted by Crippen LogP contribution is -2.65. The number of imide groups is 2. The first-order chi connectivity index (χ1) is 10.8. The Kier molecular flexibility index (Phi) is 2.90. The van der Waals surface area contributed by atoms with Crippen molar-refractivity contribution in [2.75, 3.05) is 0 Å². The number of barbiturate groups is 1. The van der Waals surface area contributed by atoms with E-state index in [4.69, 9.17) is 0 Å². The maximum Gasteiger partial charge on any atom is 0.328 e. The van der Waals surface area contributed by atoms with E-state index in [1.165, 1.54) is 0 Å². The first-order valence-electron chi connectivity index (χ1n) is 8.18. The molecule has 1 aliphatic heterocycles. The van der Waals surface area contributed by atoms with Gasteiger partial charge in [-0.25, -0.2) is 4.79 Å². The highest BCUT2D eigenvalue weighted by Gasteiger charge is 2.63.